The quantitative estimate of drug-likeness (QED) is 0.217. The number of nitrogens with zero attached hydrogens (tertiary/aromatic N) is 2. The molecule has 0 saturated carbocycles. The fourth-order valence-electron chi connectivity index (χ4n) is 3.72. The second kappa shape index (κ2) is 11.4. The van der Waals surface area contributed by atoms with Crippen molar-refractivity contribution < 1.29 is 45.7 Å². The summed E-state index contributed by atoms with van der Waals surface area (Å²) in [6.07, 6.45) is -4.59. The van der Waals surface area contributed by atoms with E-state index in [1.165, 1.54) is 38.3 Å². The first kappa shape index (κ1) is 30.2. The Morgan fingerprint density at radius 2 is 1.67 bits per heavy atom. The summed E-state index contributed by atoms with van der Waals surface area (Å²) in [4.78, 5) is 8.58. The molecule has 214 valence electrons. The van der Waals surface area contributed by atoms with E-state index in [0.29, 0.717) is 5.39 Å². The van der Waals surface area contributed by atoms with Gasteiger partial charge < -0.3 is 24.6 Å². The van der Waals surface area contributed by atoms with Crippen LogP contribution in [0.25, 0.3) is 10.9 Å². The van der Waals surface area contributed by atoms with E-state index in [0.717, 1.165) is 19.9 Å². The second-order valence-electron chi connectivity index (χ2n) is 9.39. The van der Waals surface area contributed by atoms with Crippen molar-refractivity contribution >= 4 is 16.7 Å². The van der Waals surface area contributed by atoms with Gasteiger partial charge in [-0.25, -0.2) is 14.4 Å². The third-order valence-electron chi connectivity index (χ3n) is 5.76. The van der Waals surface area contributed by atoms with Crippen LogP contribution in [0.1, 0.15) is 43.8 Å². The fraction of sp³-hybridized carbons (Fsp3) is 0.462. The Kier molecular flexibility index (Phi) is 8.85. The van der Waals surface area contributed by atoms with Crippen LogP contribution in [0.3, 0.4) is 0 Å². The van der Waals surface area contributed by atoms with Crippen LogP contribution in [0.4, 0.5) is 32.2 Å². The molecule has 0 aliphatic rings. The summed E-state index contributed by atoms with van der Waals surface area (Å²) in [7, 11) is 1.43. The maximum Gasteiger partial charge on any atom is 0.422 e. The van der Waals surface area contributed by atoms with Crippen LogP contribution in [0, 0.1) is 12.7 Å². The van der Waals surface area contributed by atoms with Gasteiger partial charge in [0, 0.05) is 24.1 Å². The molecule has 0 saturated heterocycles. The first-order valence-corrected chi connectivity index (χ1v) is 11.8. The van der Waals surface area contributed by atoms with Gasteiger partial charge in [-0.15, -0.1) is 0 Å². The molecule has 0 unspecified atom stereocenters. The van der Waals surface area contributed by atoms with E-state index < -0.39 is 41.7 Å². The topological polar surface area (TPSA) is 85.7 Å². The first-order valence-electron chi connectivity index (χ1n) is 11.8. The van der Waals surface area contributed by atoms with Gasteiger partial charge in [0.1, 0.15) is 29.7 Å². The lowest BCUT2D eigenvalue weighted by Gasteiger charge is -2.30. The highest BCUT2D eigenvalue weighted by molar-refractivity contribution is 5.92. The van der Waals surface area contributed by atoms with Gasteiger partial charge >= 0.3 is 12.1 Å². The van der Waals surface area contributed by atoms with Gasteiger partial charge in [0.05, 0.1) is 23.7 Å². The molecule has 2 aromatic carbocycles. The molecule has 1 heterocycles. The highest BCUT2D eigenvalue weighted by Gasteiger charge is 2.49. The predicted octanol–water partition coefficient (Wildman–Crippen LogP) is 6.08. The number of anilines is 1. The van der Waals surface area contributed by atoms with Crippen molar-refractivity contribution in [2.24, 2.45) is 0 Å². The van der Waals surface area contributed by atoms with E-state index in [-0.39, 0.29) is 47.4 Å². The Balaban J connectivity index is 2.04. The van der Waals surface area contributed by atoms with Gasteiger partial charge in [0.25, 0.3) is 0 Å². The zero-order valence-electron chi connectivity index (χ0n) is 21.9. The molecule has 0 aliphatic heterocycles. The Morgan fingerprint density at radius 3 is 2.28 bits per heavy atom. The molecular weight excluding hydrogens is 532 g/mol. The lowest BCUT2D eigenvalue weighted by molar-refractivity contribution is -0.170. The number of rotatable bonds is 11. The third-order valence-corrected chi connectivity index (χ3v) is 5.76. The number of aryl methyl sites for hydroxylation is 1. The van der Waals surface area contributed by atoms with Crippen molar-refractivity contribution in [1.82, 2.24) is 9.97 Å². The summed E-state index contributed by atoms with van der Waals surface area (Å²) >= 11 is 0. The van der Waals surface area contributed by atoms with Crippen LogP contribution in [0.15, 0.2) is 30.3 Å². The van der Waals surface area contributed by atoms with Crippen molar-refractivity contribution in [2.75, 3.05) is 32.2 Å². The maximum absolute atomic E-state index is 15.3. The third kappa shape index (κ3) is 7.01. The average Bonchev–Trinajstić information content (AvgIpc) is 2.81. The first-order chi connectivity index (χ1) is 18.0. The normalized spacial score (nSPS) is 13.4. The number of alkyl halides is 5. The highest BCUT2D eigenvalue weighted by Crippen LogP contribution is 2.42. The molecule has 3 aromatic rings. The second-order valence-corrected chi connectivity index (χ2v) is 9.39. The van der Waals surface area contributed by atoms with Crippen molar-refractivity contribution in [3.05, 3.63) is 53.1 Å². The molecule has 0 radical (unpaired) electrons. The van der Waals surface area contributed by atoms with E-state index in [4.69, 9.17) is 14.2 Å². The number of ether oxygens (including phenoxy) is 3. The molecule has 0 bridgehead atoms. The largest absolute Gasteiger partial charge is 0.487 e. The number of methoxy groups -OCH3 is 1. The number of aromatic nitrogens is 2. The van der Waals surface area contributed by atoms with Crippen LogP contribution in [-0.4, -0.2) is 53.8 Å². The lowest BCUT2D eigenvalue weighted by Crippen LogP contribution is -2.41. The Morgan fingerprint density at radius 1 is 1.00 bits per heavy atom. The molecule has 13 heteroatoms. The highest BCUT2D eigenvalue weighted by atomic mass is 19.4. The van der Waals surface area contributed by atoms with Crippen LogP contribution < -0.4 is 14.8 Å². The number of hydrogen-bond donors (Lipinski definition) is 2. The molecule has 1 atom stereocenters. The summed E-state index contributed by atoms with van der Waals surface area (Å²) in [5.41, 5.74) is -3.40. The Hall–Kier alpha value is -3.32. The minimum Gasteiger partial charge on any atom is -0.487 e. The molecule has 0 aliphatic carbocycles. The zero-order chi connectivity index (χ0) is 29.2. The number of aliphatic hydroxyl groups is 1. The molecule has 2 N–H and O–H groups in total. The SMILES string of the molecule is COCCOc1cc2c(N[C@H](C)c3cccc(C(F)(F)C(C)(C)O)c3F)nc(C)nc2cc1OCC(F)(F)F. The van der Waals surface area contributed by atoms with E-state index in [1.54, 1.807) is 6.92 Å². The van der Waals surface area contributed by atoms with Crippen LogP contribution in [-0.2, 0) is 10.7 Å². The van der Waals surface area contributed by atoms with Crippen LogP contribution in [0.5, 0.6) is 11.5 Å². The Labute approximate surface area is 221 Å². The lowest BCUT2D eigenvalue weighted by atomic mass is 9.91. The minimum absolute atomic E-state index is 0.00366. The van der Waals surface area contributed by atoms with E-state index in [9.17, 15) is 27.1 Å². The average molecular weight is 562 g/mol. The number of halogens is 6. The van der Waals surface area contributed by atoms with E-state index >= 15 is 4.39 Å². The molecule has 0 amide bonds. The summed E-state index contributed by atoms with van der Waals surface area (Å²) in [5, 5.41) is 13.2. The summed E-state index contributed by atoms with van der Waals surface area (Å²) in [5.74, 6) is -4.94. The summed E-state index contributed by atoms with van der Waals surface area (Å²) in [6.45, 7) is 3.42. The fourth-order valence-corrected chi connectivity index (χ4v) is 3.72. The van der Waals surface area contributed by atoms with E-state index in [2.05, 4.69) is 15.3 Å². The summed E-state index contributed by atoms with van der Waals surface area (Å²) in [6, 6.07) is 5.20. The molecular formula is C26H29F6N3O4. The smallest absolute Gasteiger partial charge is 0.422 e. The van der Waals surface area contributed by atoms with Crippen LogP contribution >= 0.6 is 0 Å². The number of nitrogens with one attached hydrogen (secondary N) is 1. The summed E-state index contributed by atoms with van der Waals surface area (Å²) < 4.78 is 98.7. The maximum atomic E-state index is 15.3. The molecule has 39 heavy (non-hydrogen) atoms. The van der Waals surface area contributed by atoms with Gasteiger partial charge in [-0.3, -0.25) is 0 Å². The number of fused-ring (bicyclic) bond motifs is 1. The molecule has 0 fully saturated rings. The standard InChI is InChI=1S/C26H29F6N3O4/c1-14(16-7-6-8-18(22(16)27)26(31,32)24(3,4)36)33-23-17-11-20(38-10-9-37-5)21(39-13-25(28,29)30)12-19(17)34-15(2)35-23/h6-8,11-12,14,36H,9-10,13H2,1-5H3,(H,33,34,35)/t14-/m1/s1. The van der Waals surface area contributed by atoms with E-state index in [1.807, 2.05) is 0 Å². The number of benzene rings is 2. The van der Waals surface area contributed by atoms with Gasteiger partial charge in [-0.05, 0) is 39.8 Å². The molecule has 3 rings (SSSR count). The predicted molar refractivity (Wildman–Crippen MR) is 132 cm³/mol. The van der Waals surface area contributed by atoms with Crippen molar-refractivity contribution in [3.8, 4) is 11.5 Å². The van der Waals surface area contributed by atoms with Gasteiger partial charge in [-0.1, -0.05) is 12.1 Å². The molecule has 7 nitrogen and oxygen atoms in total. The van der Waals surface area contributed by atoms with Gasteiger partial charge in [0.2, 0.25) is 0 Å². The van der Waals surface area contributed by atoms with Crippen molar-refractivity contribution in [3.63, 3.8) is 0 Å². The van der Waals surface area contributed by atoms with Gasteiger partial charge in [0.15, 0.2) is 18.1 Å². The van der Waals surface area contributed by atoms with Crippen molar-refractivity contribution in [1.29, 1.82) is 0 Å². The zero-order valence-corrected chi connectivity index (χ0v) is 21.9. The molecule has 1 aromatic heterocycles. The van der Waals surface area contributed by atoms with Gasteiger partial charge in [-0.2, -0.15) is 22.0 Å². The molecule has 0 spiro atoms. The minimum atomic E-state index is -4.59. The Bertz CT molecular complexity index is 1310. The number of hydrogen-bond acceptors (Lipinski definition) is 7. The monoisotopic (exact) mass is 561 g/mol. The van der Waals surface area contributed by atoms with Crippen molar-refractivity contribution in [2.45, 2.75) is 51.4 Å². The van der Waals surface area contributed by atoms with Crippen LogP contribution in [0.2, 0.25) is 0 Å².